The Morgan fingerprint density at radius 1 is 1.33 bits per heavy atom. The molecule has 1 N–H and O–H groups in total. The molecule has 0 spiro atoms. The number of hydrogen-bond donors (Lipinski definition) is 1. The van der Waals surface area contributed by atoms with E-state index >= 15 is 0 Å². The molecule has 21 heavy (non-hydrogen) atoms. The van der Waals surface area contributed by atoms with Gasteiger partial charge in [-0.3, -0.25) is 0 Å². The zero-order valence-corrected chi connectivity index (χ0v) is 13.8. The number of sulfonamides is 1. The van der Waals surface area contributed by atoms with Crippen LogP contribution in [0.1, 0.15) is 33.1 Å². The van der Waals surface area contributed by atoms with Gasteiger partial charge in [-0.2, -0.15) is 4.31 Å². The Morgan fingerprint density at radius 2 is 2.05 bits per heavy atom. The standard InChI is InChI=1S/C16H26N2O2S/c1-3-11-17-14(2)15-8-7-12-18(13-15)21(19,20)16-9-5-4-6-10-16/h4-6,9-10,14-15,17H,3,7-8,11-13H2,1-2H3. The molecule has 0 amide bonds. The first-order chi connectivity index (χ1) is 10.1. The van der Waals surface area contributed by atoms with Gasteiger partial charge in [0, 0.05) is 19.1 Å². The lowest BCUT2D eigenvalue weighted by molar-refractivity contribution is 0.224. The molecule has 1 aromatic carbocycles. The molecule has 2 rings (SSSR count). The van der Waals surface area contributed by atoms with Gasteiger partial charge in [-0.15, -0.1) is 0 Å². The Kier molecular flexibility index (Phi) is 5.79. The van der Waals surface area contributed by atoms with Crippen LogP contribution >= 0.6 is 0 Å². The molecule has 2 atom stereocenters. The van der Waals surface area contributed by atoms with Crippen LogP contribution in [0.3, 0.4) is 0 Å². The topological polar surface area (TPSA) is 49.4 Å². The number of benzene rings is 1. The predicted octanol–water partition coefficient (Wildman–Crippen LogP) is 2.48. The van der Waals surface area contributed by atoms with E-state index in [1.54, 1.807) is 28.6 Å². The summed E-state index contributed by atoms with van der Waals surface area (Å²) in [5.74, 6) is 0.392. The van der Waals surface area contributed by atoms with Crippen LogP contribution in [0.25, 0.3) is 0 Å². The second-order valence-electron chi connectivity index (χ2n) is 5.82. The van der Waals surface area contributed by atoms with Gasteiger partial charge in [0.1, 0.15) is 0 Å². The summed E-state index contributed by atoms with van der Waals surface area (Å²) in [7, 11) is -3.34. The second kappa shape index (κ2) is 7.38. The van der Waals surface area contributed by atoms with Gasteiger partial charge in [0.15, 0.2) is 0 Å². The van der Waals surface area contributed by atoms with Gasteiger partial charge in [0.2, 0.25) is 10.0 Å². The van der Waals surface area contributed by atoms with Crippen LogP contribution in [0.5, 0.6) is 0 Å². The maximum atomic E-state index is 12.7. The average Bonchev–Trinajstić information content (AvgIpc) is 2.53. The maximum Gasteiger partial charge on any atom is 0.243 e. The summed E-state index contributed by atoms with van der Waals surface area (Å²) in [4.78, 5) is 0.403. The number of rotatable bonds is 6. The molecule has 0 saturated carbocycles. The lowest BCUT2D eigenvalue weighted by atomic mass is 9.93. The van der Waals surface area contributed by atoms with Crippen LogP contribution in [-0.4, -0.2) is 38.4 Å². The van der Waals surface area contributed by atoms with Crippen molar-refractivity contribution in [2.24, 2.45) is 5.92 Å². The molecule has 2 unspecified atom stereocenters. The van der Waals surface area contributed by atoms with Crippen molar-refractivity contribution in [2.75, 3.05) is 19.6 Å². The van der Waals surface area contributed by atoms with E-state index in [4.69, 9.17) is 0 Å². The van der Waals surface area contributed by atoms with Crippen molar-refractivity contribution in [3.63, 3.8) is 0 Å². The van der Waals surface area contributed by atoms with Crippen LogP contribution in [-0.2, 0) is 10.0 Å². The van der Waals surface area contributed by atoms with Crippen LogP contribution in [0.15, 0.2) is 35.2 Å². The molecule has 1 aromatic rings. The van der Waals surface area contributed by atoms with Crippen molar-refractivity contribution < 1.29 is 8.42 Å². The SMILES string of the molecule is CCCNC(C)C1CCCN(S(=O)(=O)c2ccccc2)C1. The zero-order chi connectivity index (χ0) is 15.3. The molecular weight excluding hydrogens is 284 g/mol. The van der Waals surface area contributed by atoms with Gasteiger partial charge in [0.25, 0.3) is 0 Å². The summed E-state index contributed by atoms with van der Waals surface area (Å²) >= 11 is 0. The van der Waals surface area contributed by atoms with Gasteiger partial charge in [-0.25, -0.2) is 8.42 Å². The number of nitrogens with one attached hydrogen (secondary N) is 1. The minimum Gasteiger partial charge on any atom is -0.314 e. The van der Waals surface area contributed by atoms with Crippen LogP contribution in [0, 0.1) is 5.92 Å². The number of nitrogens with zero attached hydrogens (tertiary/aromatic N) is 1. The zero-order valence-electron chi connectivity index (χ0n) is 13.0. The molecule has 1 saturated heterocycles. The summed E-state index contributed by atoms with van der Waals surface area (Å²) in [5.41, 5.74) is 0. The van der Waals surface area contributed by atoms with E-state index < -0.39 is 10.0 Å². The first-order valence-electron chi connectivity index (χ1n) is 7.84. The highest BCUT2D eigenvalue weighted by atomic mass is 32.2. The van der Waals surface area contributed by atoms with Crippen molar-refractivity contribution >= 4 is 10.0 Å². The van der Waals surface area contributed by atoms with Crippen molar-refractivity contribution in [3.8, 4) is 0 Å². The fraction of sp³-hybridized carbons (Fsp3) is 0.625. The number of piperidine rings is 1. The van der Waals surface area contributed by atoms with E-state index in [2.05, 4.69) is 19.2 Å². The van der Waals surface area contributed by atoms with Crippen LogP contribution in [0.4, 0.5) is 0 Å². The molecular formula is C16H26N2O2S. The summed E-state index contributed by atoms with van der Waals surface area (Å²) in [6, 6.07) is 9.11. The van der Waals surface area contributed by atoms with E-state index in [1.165, 1.54) is 0 Å². The molecule has 118 valence electrons. The molecule has 0 bridgehead atoms. The quantitative estimate of drug-likeness (QED) is 0.878. The van der Waals surface area contributed by atoms with Crippen molar-refractivity contribution in [1.29, 1.82) is 0 Å². The molecule has 1 fully saturated rings. The first kappa shape index (κ1) is 16.5. The minimum atomic E-state index is -3.34. The summed E-state index contributed by atoms with van der Waals surface area (Å²) in [6.45, 7) is 6.55. The van der Waals surface area contributed by atoms with Crippen molar-refractivity contribution in [3.05, 3.63) is 30.3 Å². The summed E-state index contributed by atoms with van der Waals surface area (Å²) in [6.07, 6.45) is 3.14. The van der Waals surface area contributed by atoms with Gasteiger partial charge in [0.05, 0.1) is 4.90 Å². The van der Waals surface area contributed by atoms with Gasteiger partial charge in [-0.1, -0.05) is 25.1 Å². The smallest absolute Gasteiger partial charge is 0.243 e. The lowest BCUT2D eigenvalue weighted by Gasteiger charge is -2.35. The number of hydrogen-bond acceptors (Lipinski definition) is 3. The van der Waals surface area contributed by atoms with E-state index in [9.17, 15) is 8.42 Å². The molecule has 0 radical (unpaired) electrons. The lowest BCUT2D eigenvalue weighted by Crippen LogP contribution is -2.46. The molecule has 4 nitrogen and oxygen atoms in total. The Hall–Kier alpha value is -0.910. The minimum absolute atomic E-state index is 0.360. The monoisotopic (exact) mass is 310 g/mol. The second-order valence-corrected chi connectivity index (χ2v) is 7.76. The highest BCUT2D eigenvalue weighted by molar-refractivity contribution is 7.89. The third kappa shape index (κ3) is 4.05. The normalized spacial score (nSPS) is 22.1. The van der Waals surface area contributed by atoms with Gasteiger partial charge < -0.3 is 5.32 Å². The van der Waals surface area contributed by atoms with Crippen molar-refractivity contribution in [1.82, 2.24) is 9.62 Å². The highest BCUT2D eigenvalue weighted by Crippen LogP contribution is 2.25. The van der Waals surface area contributed by atoms with E-state index in [-0.39, 0.29) is 0 Å². The third-order valence-electron chi connectivity index (χ3n) is 4.22. The molecule has 1 heterocycles. The Balaban J connectivity index is 2.07. The highest BCUT2D eigenvalue weighted by Gasteiger charge is 2.32. The molecule has 0 aliphatic carbocycles. The maximum absolute atomic E-state index is 12.7. The fourth-order valence-electron chi connectivity index (χ4n) is 2.88. The average molecular weight is 310 g/mol. The summed E-state index contributed by atoms with van der Waals surface area (Å²) < 4.78 is 27.0. The van der Waals surface area contributed by atoms with Gasteiger partial charge in [-0.05, 0) is 50.8 Å². The Labute approximate surface area is 128 Å². The molecule has 5 heteroatoms. The predicted molar refractivity (Wildman–Crippen MR) is 85.7 cm³/mol. The fourth-order valence-corrected chi connectivity index (χ4v) is 4.44. The largest absolute Gasteiger partial charge is 0.314 e. The first-order valence-corrected chi connectivity index (χ1v) is 9.28. The van der Waals surface area contributed by atoms with E-state index in [0.29, 0.717) is 29.9 Å². The Morgan fingerprint density at radius 3 is 2.71 bits per heavy atom. The molecule has 0 aromatic heterocycles. The van der Waals surface area contributed by atoms with Crippen LogP contribution in [0.2, 0.25) is 0 Å². The van der Waals surface area contributed by atoms with E-state index in [0.717, 1.165) is 25.8 Å². The molecule has 1 aliphatic heterocycles. The summed E-state index contributed by atoms with van der Waals surface area (Å²) in [5, 5.41) is 3.49. The third-order valence-corrected chi connectivity index (χ3v) is 6.10. The van der Waals surface area contributed by atoms with Crippen LogP contribution < -0.4 is 5.32 Å². The van der Waals surface area contributed by atoms with E-state index in [1.807, 2.05) is 6.07 Å². The Bertz CT molecular complexity index is 530. The van der Waals surface area contributed by atoms with Gasteiger partial charge >= 0.3 is 0 Å². The van der Waals surface area contributed by atoms with Crippen molar-refractivity contribution in [2.45, 2.75) is 44.0 Å². The molecule has 1 aliphatic rings.